The molecule has 0 unspecified atom stereocenters. The molecule has 3 nitrogen and oxygen atoms in total. The Morgan fingerprint density at radius 2 is 1.94 bits per heavy atom. The summed E-state index contributed by atoms with van der Waals surface area (Å²) in [7, 11) is 0. The highest BCUT2D eigenvalue weighted by Gasteiger charge is 2.06. The van der Waals surface area contributed by atoms with Crippen LogP contribution in [0.4, 0.5) is 0 Å². The van der Waals surface area contributed by atoms with E-state index < -0.39 is 0 Å². The largest absolute Gasteiger partial charge is 0.347 e. The monoisotopic (exact) mass is 290 g/mol. The van der Waals surface area contributed by atoms with Gasteiger partial charge in [-0.1, -0.05) is 40.2 Å². The molecular weight excluding hydrogens is 280 g/mol. The average molecular weight is 291 g/mol. The Hall–Kier alpha value is -1.68. The minimum Gasteiger partial charge on any atom is -0.347 e. The molecule has 0 saturated heterocycles. The summed E-state index contributed by atoms with van der Waals surface area (Å²) in [4.78, 5) is 15.7. The van der Waals surface area contributed by atoms with Crippen molar-refractivity contribution in [1.29, 1.82) is 0 Å². The van der Waals surface area contributed by atoms with Crippen LogP contribution in [0.1, 0.15) is 16.1 Å². The summed E-state index contributed by atoms with van der Waals surface area (Å²) in [6, 6.07) is 13.0. The number of carbonyl (C=O) groups is 1. The molecule has 0 aliphatic carbocycles. The molecule has 86 valence electrons. The zero-order valence-electron chi connectivity index (χ0n) is 9.06. The quantitative estimate of drug-likeness (QED) is 0.944. The lowest BCUT2D eigenvalue weighted by atomic mass is 10.2. The predicted octanol–water partition coefficient (Wildman–Crippen LogP) is 2.77. The fraction of sp³-hybridized carbons (Fsp3) is 0.0769. The number of aromatic nitrogens is 1. The number of benzene rings is 1. The van der Waals surface area contributed by atoms with Crippen molar-refractivity contribution in [3.05, 3.63) is 64.4 Å². The number of rotatable bonds is 3. The van der Waals surface area contributed by atoms with Crippen molar-refractivity contribution in [3.8, 4) is 0 Å². The molecule has 0 spiro atoms. The Morgan fingerprint density at radius 1 is 1.18 bits per heavy atom. The van der Waals surface area contributed by atoms with Crippen LogP contribution in [-0.2, 0) is 6.54 Å². The molecule has 0 aliphatic heterocycles. The first kappa shape index (κ1) is 11.8. The van der Waals surface area contributed by atoms with E-state index in [0.29, 0.717) is 12.2 Å². The molecule has 0 saturated carbocycles. The van der Waals surface area contributed by atoms with Crippen LogP contribution in [0, 0.1) is 0 Å². The summed E-state index contributed by atoms with van der Waals surface area (Å²) in [5.41, 5.74) is 1.47. The molecule has 4 heteroatoms. The third kappa shape index (κ3) is 3.14. The van der Waals surface area contributed by atoms with Gasteiger partial charge < -0.3 is 5.32 Å². The minimum absolute atomic E-state index is 0.165. The fourth-order valence-corrected chi connectivity index (χ4v) is 1.83. The summed E-state index contributed by atoms with van der Waals surface area (Å²) in [6.07, 6.45) is 1.60. The van der Waals surface area contributed by atoms with E-state index >= 15 is 0 Å². The molecule has 2 aromatic rings. The Bertz CT molecular complexity index is 514. The van der Waals surface area contributed by atoms with E-state index in [0.717, 1.165) is 10.0 Å². The lowest BCUT2D eigenvalue weighted by Crippen LogP contribution is -2.23. The molecule has 1 aromatic heterocycles. The SMILES string of the molecule is O=C(NCc1ccccc1Br)c1ccccn1. The van der Waals surface area contributed by atoms with Crippen LogP contribution in [0.5, 0.6) is 0 Å². The smallest absolute Gasteiger partial charge is 0.270 e. The Morgan fingerprint density at radius 3 is 2.65 bits per heavy atom. The molecule has 0 bridgehead atoms. The highest BCUT2D eigenvalue weighted by atomic mass is 79.9. The maximum absolute atomic E-state index is 11.7. The Kier molecular flexibility index (Phi) is 3.88. The third-order valence-corrected chi connectivity index (χ3v) is 3.07. The van der Waals surface area contributed by atoms with Crippen molar-refractivity contribution >= 4 is 21.8 Å². The van der Waals surface area contributed by atoms with Gasteiger partial charge in [-0.2, -0.15) is 0 Å². The number of nitrogens with zero attached hydrogens (tertiary/aromatic N) is 1. The predicted molar refractivity (Wildman–Crippen MR) is 69.5 cm³/mol. The van der Waals surface area contributed by atoms with Gasteiger partial charge in [0, 0.05) is 17.2 Å². The number of nitrogens with one attached hydrogen (secondary N) is 1. The van der Waals surface area contributed by atoms with Gasteiger partial charge in [0.2, 0.25) is 0 Å². The van der Waals surface area contributed by atoms with E-state index in [1.54, 1.807) is 24.4 Å². The summed E-state index contributed by atoms with van der Waals surface area (Å²) >= 11 is 3.44. The number of amides is 1. The molecule has 2 rings (SSSR count). The standard InChI is InChI=1S/C13H11BrN2O/c14-11-6-2-1-5-10(11)9-16-13(17)12-7-3-4-8-15-12/h1-8H,9H2,(H,16,17). The number of pyridine rings is 1. The summed E-state index contributed by atoms with van der Waals surface area (Å²) in [5, 5.41) is 2.82. The van der Waals surface area contributed by atoms with Gasteiger partial charge in [-0.05, 0) is 23.8 Å². The van der Waals surface area contributed by atoms with Gasteiger partial charge in [0.25, 0.3) is 5.91 Å². The van der Waals surface area contributed by atoms with Crippen molar-refractivity contribution in [2.75, 3.05) is 0 Å². The lowest BCUT2D eigenvalue weighted by Gasteiger charge is -2.06. The Balaban J connectivity index is 2.00. The van der Waals surface area contributed by atoms with Gasteiger partial charge in [0.05, 0.1) is 0 Å². The topological polar surface area (TPSA) is 42.0 Å². The second-order valence-electron chi connectivity index (χ2n) is 3.49. The summed E-state index contributed by atoms with van der Waals surface area (Å²) in [6.45, 7) is 0.483. The van der Waals surface area contributed by atoms with Crippen LogP contribution in [-0.4, -0.2) is 10.9 Å². The van der Waals surface area contributed by atoms with E-state index in [4.69, 9.17) is 0 Å². The number of carbonyl (C=O) groups excluding carboxylic acids is 1. The van der Waals surface area contributed by atoms with Gasteiger partial charge in [0.1, 0.15) is 5.69 Å². The molecule has 0 atom stereocenters. The first-order valence-corrected chi connectivity index (χ1v) is 5.99. The first-order chi connectivity index (χ1) is 8.27. The fourth-order valence-electron chi connectivity index (χ4n) is 1.40. The van der Waals surface area contributed by atoms with Gasteiger partial charge in [-0.15, -0.1) is 0 Å². The first-order valence-electron chi connectivity index (χ1n) is 5.20. The van der Waals surface area contributed by atoms with Crippen LogP contribution in [0.15, 0.2) is 53.1 Å². The van der Waals surface area contributed by atoms with Crippen LogP contribution < -0.4 is 5.32 Å². The molecule has 0 aliphatic rings. The Labute approximate surface area is 108 Å². The normalized spacial score (nSPS) is 9.94. The lowest BCUT2D eigenvalue weighted by molar-refractivity contribution is 0.0946. The van der Waals surface area contributed by atoms with Crippen molar-refractivity contribution in [2.24, 2.45) is 0 Å². The molecule has 0 fully saturated rings. The van der Waals surface area contributed by atoms with Gasteiger partial charge in [0.15, 0.2) is 0 Å². The summed E-state index contributed by atoms with van der Waals surface area (Å²) in [5.74, 6) is -0.165. The molecular formula is C13H11BrN2O. The van der Waals surface area contributed by atoms with E-state index in [-0.39, 0.29) is 5.91 Å². The third-order valence-electron chi connectivity index (χ3n) is 2.29. The number of hydrogen-bond donors (Lipinski definition) is 1. The van der Waals surface area contributed by atoms with Gasteiger partial charge in [-0.3, -0.25) is 9.78 Å². The number of halogens is 1. The van der Waals surface area contributed by atoms with Crippen LogP contribution in [0.3, 0.4) is 0 Å². The maximum atomic E-state index is 11.7. The van der Waals surface area contributed by atoms with Crippen LogP contribution in [0.25, 0.3) is 0 Å². The van der Waals surface area contributed by atoms with Gasteiger partial charge in [-0.25, -0.2) is 0 Å². The van der Waals surface area contributed by atoms with E-state index in [9.17, 15) is 4.79 Å². The van der Waals surface area contributed by atoms with Crippen molar-refractivity contribution < 1.29 is 4.79 Å². The molecule has 17 heavy (non-hydrogen) atoms. The summed E-state index contributed by atoms with van der Waals surface area (Å²) < 4.78 is 0.987. The highest BCUT2D eigenvalue weighted by molar-refractivity contribution is 9.10. The average Bonchev–Trinajstić information content (AvgIpc) is 2.38. The second-order valence-corrected chi connectivity index (χ2v) is 4.34. The highest BCUT2D eigenvalue weighted by Crippen LogP contribution is 2.15. The van der Waals surface area contributed by atoms with Gasteiger partial charge >= 0.3 is 0 Å². The van der Waals surface area contributed by atoms with Crippen LogP contribution in [0.2, 0.25) is 0 Å². The van der Waals surface area contributed by atoms with Crippen molar-refractivity contribution in [3.63, 3.8) is 0 Å². The molecule has 1 N–H and O–H groups in total. The zero-order valence-corrected chi connectivity index (χ0v) is 10.6. The molecule has 1 heterocycles. The van der Waals surface area contributed by atoms with Crippen molar-refractivity contribution in [2.45, 2.75) is 6.54 Å². The molecule has 0 radical (unpaired) electrons. The van der Waals surface area contributed by atoms with E-state index in [1.165, 1.54) is 0 Å². The molecule has 1 amide bonds. The minimum atomic E-state index is -0.165. The van der Waals surface area contributed by atoms with Crippen molar-refractivity contribution in [1.82, 2.24) is 10.3 Å². The van der Waals surface area contributed by atoms with Crippen LogP contribution >= 0.6 is 15.9 Å². The van der Waals surface area contributed by atoms with E-state index in [1.807, 2.05) is 24.3 Å². The second kappa shape index (κ2) is 5.59. The maximum Gasteiger partial charge on any atom is 0.270 e. The molecule has 1 aromatic carbocycles. The number of hydrogen-bond acceptors (Lipinski definition) is 2. The van der Waals surface area contributed by atoms with E-state index in [2.05, 4.69) is 26.2 Å². The zero-order chi connectivity index (χ0) is 12.1.